The van der Waals surface area contributed by atoms with Crippen LogP contribution in [-0.2, 0) is 13.5 Å². The SMILES string of the molecule is Cc1cc(CC2(N)CCC(C)C2)n(C)n1. The zero-order valence-corrected chi connectivity index (χ0v) is 9.95. The van der Waals surface area contributed by atoms with Gasteiger partial charge in [-0.15, -0.1) is 0 Å². The molecule has 0 saturated heterocycles. The van der Waals surface area contributed by atoms with Crippen molar-refractivity contribution in [1.29, 1.82) is 0 Å². The number of nitrogens with zero attached hydrogens (tertiary/aromatic N) is 2. The van der Waals surface area contributed by atoms with Crippen LogP contribution in [0.1, 0.15) is 37.6 Å². The lowest BCUT2D eigenvalue weighted by atomic mass is 9.92. The van der Waals surface area contributed by atoms with Crippen LogP contribution >= 0.6 is 0 Å². The van der Waals surface area contributed by atoms with E-state index < -0.39 is 0 Å². The molecule has 0 radical (unpaired) electrons. The summed E-state index contributed by atoms with van der Waals surface area (Å²) in [6.07, 6.45) is 4.54. The van der Waals surface area contributed by atoms with E-state index in [0.29, 0.717) is 0 Å². The lowest BCUT2D eigenvalue weighted by molar-refractivity contribution is 0.408. The van der Waals surface area contributed by atoms with Crippen molar-refractivity contribution in [2.24, 2.45) is 18.7 Å². The van der Waals surface area contributed by atoms with Gasteiger partial charge in [-0.3, -0.25) is 4.68 Å². The minimum atomic E-state index is 0.0135. The molecule has 1 saturated carbocycles. The fourth-order valence-electron chi connectivity index (χ4n) is 2.78. The van der Waals surface area contributed by atoms with Gasteiger partial charge in [0.25, 0.3) is 0 Å². The summed E-state index contributed by atoms with van der Waals surface area (Å²) >= 11 is 0. The van der Waals surface area contributed by atoms with Crippen molar-refractivity contribution >= 4 is 0 Å². The third-order valence-corrected chi connectivity index (χ3v) is 3.52. The zero-order valence-electron chi connectivity index (χ0n) is 9.95. The highest BCUT2D eigenvalue weighted by atomic mass is 15.3. The number of rotatable bonds is 2. The Morgan fingerprint density at radius 3 is 2.87 bits per heavy atom. The van der Waals surface area contributed by atoms with Gasteiger partial charge in [-0.25, -0.2) is 0 Å². The third-order valence-electron chi connectivity index (χ3n) is 3.52. The first-order chi connectivity index (χ1) is 6.98. The van der Waals surface area contributed by atoms with Crippen LogP contribution in [0.25, 0.3) is 0 Å². The first-order valence-corrected chi connectivity index (χ1v) is 5.77. The van der Waals surface area contributed by atoms with Crippen LogP contribution < -0.4 is 5.73 Å². The van der Waals surface area contributed by atoms with Gasteiger partial charge in [-0.1, -0.05) is 6.92 Å². The highest BCUT2D eigenvalue weighted by Crippen LogP contribution is 2.34. The van der Waals surface area contributed by atoms with Gasteiger partial charge in [0, 0.05) is 24.7 Å². The molecule has 0 amide bonds. The lowest BCUT2D eigenvalue weighted by Crippen LogP contribution is -2.39. The zero-order chi connectivity index (χ0) is 11.1. The Labute approximate surface area is 91.7 Å². The highest BCUT2D eigenvalue weighted by molar-refractivity contribution is 5.13. The summed E-state index contributed by atoms with van der Waals surface area (Å²) in [7, 11) is 2.00. The number of hydrogen-bond acceptors (Lipinski definition) is 2. The molecule has 1 aromatic heterocycles. The Bertz CT molecular complexity index is 356. The van der Waals surface area contributed by atoms with E-state index in [9.17, 15) is 0 Å². The molecule has 15 heavy (non-hydrogen) atoms. The van der Waals surface area contributed by atoms with Gasteiger partial charge in [0.05, 0.1) is 5.69 Å². The molecule has 1 heterocycles. The van der Waals surface area contributed by atoms with Crippen LogP contribution in [-0.4, -0.2) is 15.3 Å². The number of nitrogens with two attached hydrogens (primary N) is 1. The van der Waals surface area contributed by atoms with E-state index in [1.165, 1.54) is 12.1 Å². The minimum absolute atomic E-state index is 0.0135. The summed E-state index contributed by atoms with van der Waals surface area (Å²) in [5.41, 5.74) is 8.79. The Morgan fingerprint density at radius 2 is 2.40 bits per heavy atom. The van der Waals surface area contributed by atoms with Crippen molar-refractivity contribution in [2.45, 2.75) is 45.1 Å². The molecule has 0 bridgehead atoms. The third kappa shape index (κ3) is 2.23. The summed E-state index contributed by atoms with van der Waals surface area (Å²) in [5.74, 6) is 0.782. The van der Waals surface area contributed by atoms with Crippen LogP contribution in [0.15, 0.2) is 6.07 Å². The second-order valence-electron chi connectivity index (χ2n) is 5.29. The van der Waals surface area contributed by atoms with Crippen molar-refractivity contribution in [3.8, 4) is 0 Å². The topological polar surface area (TPSA) is 43.8 Å². The summed E-state index contributed by atoms with van der Waals surface area (Å²) in [6.45, 7) is 4.33. The molecule has 0 aromatic carbocycles. The Kier molecular flexibility index (Phi) is 2.59. The summed E-state index contributed by atoms with van der Waals surface area (Å²) < 4.78 is 1.97. The maximum atomic E-state index is 6.42. The molecule has 3 heteroatoms. The molecule has 2 unspecified atom stereocenters. The lowest BCUT2D eigenvalue weighted by Gasteiger charge is -2.23. The molecule has 1 aliphatic rings. The Morgan fingerprint density at radius 1 is 1.67 bits per heavy atom. The quantitative estimate of drug-likeness (QED) is 0.803. The highest BCUT2D eigenvalue weighted by Gasteiger charge is 2.34. The monoisotopic (exact) mass is 207 g/mol. The number of aryl methyl sites for hydroxylation is 2. The van der Waals surface area contributed by atoms with Crippen molar-refractivity contribution < 1.29 is 0 Å². The van der Waals surface area contributed by atoms with Gasteiger partial charge in [0.2, 0.25) is 0 Å². The second kappa shape index (κ2) is 3.63. The predicted molar refractivity (Wildman–Crippen MR) is 61.6 cm³/mol. The van der Waals surface area contributed by atoms with Crippen molar-refractivity contribution in [3.05, 3.63) is 17.5 Å². The fraction of sp³-hybridized carbons (Fsp3) is 0.750. The van der Waals surface area contributed by atoms with Crippen LogP contribution in [0.3, 0.4) is 0 Å². The van der Waals surface area contributed by atoms with E-state index in [1.807, 2.05) is 18.7 Å². The fourth-order valence-corrected chi connectivity index (χ4v) is 2.78. The Hall–Kier alpha value is -0.830. The molecule has 2 N–H and O–H groups in total. The minimum Gasteiger partial charge on any atom is -0.325 e. The summed E-state index contributed by atoms with van der Waals surface area (Å²) in [5, 5.41) is 4.36. The normalized spacial score (nSPS) is 31.1. The molecule has 84 valence electrons. The van der Waals surface area contributed by atoms with Crippen molar-refractivity contribution in [3.63, 3.8) is 0 Å². The standard InChI is InChI=1S/C12H21N3/c1-9-4-5-12(13,7-9)8-11-6-10(2)14-15(11)3/h6,9H,4-5,7-8,13H2,1-3H3. The molecular formula is C12H21N3. The average Bonchev–Trinajstić information content (AvgIpc) is 2.58. The van der Waals surface area contributed by atoms with E-state index in [4.69, 9.17) is 5.73 Å². The number of hydrogen-bond donors (Lipinski definition) is 1. The van der Waals surface area contributed by atoms with Gasteiger partial charge >= 0.3 is 0 Å². The molecular weight excluding hydrogens is 186 g/mol. The molecule has 1 aromatic rings. The molecule has 1 fully saturated rings. The van der Waals surface area contributed by atoms with Gasteiger partial charge < -0.3 is 5.73 Å². The first-order valence-electron chi connectivity index (χ1n) is 5.77. The van der Waals surface area contributed by atoms with E-state index in [-0.39, 0.29) is 5.54 Å². The van der Waals surface area contributed by atoms with Crippen LogP contribution in [0.5, 0.6) is 0 Å². The van der Waals surface area contributed by atoms with Crippen LogP contribution in [0.4, 0.5) is 0 Å². The molecule has 3 nitrogen and oxygen atoms in total. The van der Waals surface area contributed by atoms with Gasteiger partial charge in [0.15, 0.2) is 0 Å². The summed E-state index contributed by atoms with van der Waals surface area (Å²) in [6, 6.07) is 2.15. The summed E-state index contributed by atoms with van der Waals surface area (Å²) in [4.78, 5) is 0. The van der Waals surface area contributed by atoms with E-state index in [0.717, 1.165) is 30.9 Å². The van der Waals surface area contributed by atoms with Crippen LogP contribution in [0, 0.1) is 12.8 Å². The van der Waals surface area contributed by atoms with Crippen molar-refractivity contribution in [1.82, 2.24) is 9.78 Å². The predicted octanol–water partition coefficient (Wildman–Crippen LogP) is 1.79. The average molecular weight is 207 g/mol. The molecule has 0 aliphatic heterocycles. The van der Waals surface area contributed by atoms with E-state index >= 15 is 0 Å². The van der Waals surface area contributed by atoms with E-state index in [2.05, 4.69) is 18.1 Å². The molecule has 1 aliphatic carbocycles. The smallest absolute Gasteiger partial charge is 0.0596 e. The number of aromatic nitrogens is 2. The second-order valence-corrected chi connectivity index (χ2v) is 5.29. The largest absolute Gasteiger partial charge is 0.325 e. The van der Waals surface area contributed by atoms with Gasteiger partial charge in [-0.05, 0) is 38.2 Å². The molecule has 2 rings (SSSR count). The van der Waals surface area contributed by atoms with Crippen LogP contribution in [0.2, 0.25) is 0 Å². The Balaban J connectivity index is 2.11. The van der Waals surface area contributed by atoms with E-state index in [1.54, 1.807) is 0 Å². The maximum absolute atomic E-state index is 6.42. The first kappa shape index (κ1) is 10.7. The van der Waals surface area contributed by atoms with Crippen molar-refractivity contribution in [2.75, 3.05) is 0 Å². The molecule has 2 atom stereocenters. The maximum Gasteiger partial charge on any atom is 0.0596 e. The molecule has 0 spiro atoms. The van der Waals surface area contributed by atoms with Gasteiger partial charge in [0.1, 0.15) is 0 Å². The van der Waals surface area contributed by atoms with Gasteiger partial charge in [-0.2, -0.15) is 5.10 Å².